The Labute approximate surface area is 204 Å². The number of rotatable bonds is 7. The van der Waals surface area contributed by atoms with Gasteiger partial charge in [-0.1, -0.05) is 0 Å². The van der Waals surface area contributed by atoms with E-state index in [4.69, 9.17) is 21.0 Å². The van der Waals surface area contributed by atoms with Crippen LogP contribution in [0.1, 0.15) is 39.9 Å². The van der Waals surface area contributed by atoms with Gasteiger partial charge >= 0.3 is 6.18 Å². The lowest BCUT2D eigenvalue weighted by atomic mass is 9.98. The van der Waals surface area contributed by atoms with Crippen LogP contribution < -0.4 is 26.6 Å². The van der Waals surface area contributed by atoms with Gasteiger partial charge in [-0.15, -0.1) is 11.3 Å². The monoisotopic (exact) mass is 508 g/mol. The predicted molar refractivity (Wildman–Crippen MR) is 129 cm³/mol. The molecule has 0 atom stereocenters. The van der Waals surface area contributed by atoms with E-state index in [2.05, 4.69) is 9.97 Å². The average Bonchev–Trinajstić information content (AvgIpc) is 3.22. The molecule has 1 fully saturated rings. The van der Waals surface area contributed by atoms with Crippen molar-refractivity contribution in [2.45, 2.75) is 38.5 Å². The highest BCUT2D eigenvalue weighted by Gasteiger charge is 2.32. The molecule has 1 aliphatic rings. The molecule has 1 aromatic carbocycles. The molecular weight excluding hydrogens is 481 g/mol. The summed E-state index contributed by atoms with van der Waals surface area (Å²) in [6.07, 6.45) is -0.106. The van der Waals surface area contributed by atoms with Crippen molar-refractivity contribution in [3.8, 4) is 5.75 Å². The Morgan fingerprint density at radius 1 is 1.20 bits per heavy atom. The average molecular weight is 509 g/mol. The van der Waals surface area contributed by atoms with Gasteiger partial charge in [0.1, 0.15) is 18.7 Å². The maximum atomic E-state index is 12.7. The molecule has 35 heavy (non-hydrogen) atoms. The standard InChI is InChI=1S/C22H24F3N7OS.H3N/c1-14-19(12-33-18-4-2-17(3-5-18)32(27)13-26)34-20(30-14)15-6-8-31(9-7-15)21-28-10-16(11-29-21)22(23,24)25;/h2-5,10-11,13,15,26H,6-9,12,27H2,1H3;1H3. The maximum Gasteiger partial charge on any atom is 0.419 e. The first-order valence-electron chi connectivity index (χ1n) is 10.6. The van der Waals surface area contributed by atoms with E-state index in [1.807, 2.05) is 11.8 Å². The molecule has 188 valence electrons. The van der Waals surface area contributed by atoms with Crippen LogP contribution in [0.5, 0.6) is 5.75 Å². The molecule has 1 aliphatic heterocycles. The van der Waals surface area contributed by atoms with Gasteiger partial charge in [0.2, 0.25) is 5.95 Å². The number of thiazole rings is 1. The third kappa shape index (κ3) is 6.24. The zero-order valence-electron chi connectivity index (χ0n) is 19.1. The highest BCUT2D eigenvalue weighted by molar-refractivity contribution is 7.11. The molecule has 0 unspecified atom stereocenters. The SMILES string of the molecule is Cc1nc(C2CCN(c3ncc(C(F)(F)F)cn3)CC2)sc1COc1ccc(N(N)C=N)cc1.N. The molecule has 13 heteroatoms. The number of nitrogens with two attached hydrogens (primary N) is 1. The van der Waals surface area contributed by atoms with E-state index in [0.29, 0.717) is 37.1 Å². The van der Waals surface area contributed by atoms with Crippen LogP contribution in [0.25, 0.3) is 0 Å². The summed E-state index contributed by atoms with van der Waals surface area (Å²) in [6, 6.07) is 7.16. The number of hydrogen-bond acceptors (Lipinski definition) is 9. The van der Waals surface area contributed by atoms with E-state index in [1.54, 1.807) is 35.6 Å². The lowest BCUT2D eigenvalue weighted by Gasteiger charge is -2.31. The van der Waals surface area contributed by atoms with Crippen molar-refractivity contribution < 1.29 is 17.9 Å². The first-order chi connectivity index (χ1) is 16.2. The van der Waals surface area contributed by atoms with Gasteiger partial charge in [0.25, 0.3) is 0 Å². The number of ether oxygens (including phenoxy) is 1. The van der Waals surface area contributed by atoms with Crippen molar-refractivity contribution in [2.24, 2.45) is 5.84 Å². The van der Waals surface area contributed by atoms with E-state index in [1.165, 1.54) is 5.01 Å². The van der Waals surface area contributed by atoms with Gasteiger partial charge < -0.3 is 15.8 Å². The molecule has 4 rings (SSSR count). The molecule has 3 heterocycles. The molecular formula is C22H27F3N8OS. The molecule has 2 aromatic heterocycles. The Kier molecular flexibility index (Phi) is 8.25. The second-order valence-electron chi connectivity index (χ2n) is 7.91. The van der Waals surface area contributed by atoms with Crippen molar-refractivity contribution in [3.63, 3.8) is 0 Å². The number of aryl methyl sites for hydroxylation is 1. The summed E-state index contributed by atoms with van der Waals surface area (Å²) in [6.45, 7) is 3.67. The van der Waals surface area contributed by atoms with Gasteiger partial charge in [-0.2, -0.15) is 13.2 Å². The van der Waals surface area contributed by atoms with Crippen molar-refractivity contribution in [2.75, 3.05) is 23.0 Å². The maximum absolute atomic E-state index is 12.7. The van der Waals surface area contributed by atoms with E-state index in [0.717, 1.165) is 47.2 Å². The molecule has 0 amide bonds. The number of aromatic nitrogens is 3. The van der Waals surface area contributed by atoms with E-state index < -0.39 is 11.7 Å². The Hall–Kier alpha value is -3.29. The number of piperidine rings is 1. The lowest BCUT2D eigenvalue weighted by molar-refractivity contribution is -0.138. The number of hydrazine groups is 1. The molecule has 0 spiro atoms. The molecule has 0 saturated carbocycles. The molecule has 1 saturated heterocycles. The van der Waals surface area contributed by atoms with Crippen LogP contribution in [0.4, 0.5) is 24.8 Å². The van der Waals surface area contributed by atoms with Crippen LogP contribution in [-0.4, -0.2) is 34.4 Å². The summed E-state index contributed by atoms with van der Waals surface area (Å²) in [4.78, 5) is 15.5. The van der Waals surface area contributed by atoms with Crippen molar-refractivity contribution in [3.05, 3.63) is 57.8 Å². The lowest BCUT2D eigenvalue weighted by Crippen LogP contribution is -2.34. The normalized spacial score (nSPS) is 14.4. The molecule has 6 N–H and O–H groups in total. The number of anilines is 2. The Balaban J connectivity index is 0.00000342. The summed E-state index contributed by atoms with van der Waals surface area (Å²) < 4.78 is 44.1. The van der Waals surface area contributed by atoms with Gasteiger partial charge in [0.05, 0.1) is 26.8 Å². The number of hydrogen-bond donors (Lipinski definition) is 3. The van der Waals surface area contributed by atoms with E-state index >= 15 is 0 Å². The van der Waals surface area contributed by atoms with Crippen LogP contribution >= 0.6 is 11.3 Å². The minimum atomic E-state index is -4.44. The zero-order chi connectivity index (χ0) is 24.3. The summed E-state index contributed by atoms with van der Waals surface area (Å²) in [5.74, 6) is 6.95. The first kappa shape index (κ1) is 26.3. The number of nitrogens with zero attached hydrogens (tertiary/aromatic N) is 5. The van der Waals surface area contributed by atoms with Crippen molar-refractivity contribution >= 4 is 29.3 Å². The molecule has 0 aliphatic carbocycles. The van der Waals surface area contributed by atoms with Gasteiger partial charge in [-0.25, -0.2) is 20.8 Å². The number of benzene rings is 1. The number of alkyl halides is 3. The second kappa shape index (κ2) is 11.0. The summed E-state index contributed by atoms with van der Waals surface area (Å²) in [5.41, 5.74) is 0.775. The first-order valence-corrected chi connectivity index (χ1v) is 11.4. The third-order valence-corrected chi connectivity index (χ3v) is 6.94. The van der Waals surface area contributed by atoms with Crippen LogP contribution in [0.2, 0.25) is 0 Å². The Morgan fingerprint density at radius 3 is 2.40 bits per heavy atom. The van der Waals surface area contributed by atoms with Gasteiger partial charge in [-0.3, -0.25) is 10.4 Å². The van der Waals surface area contributed by atoms with E-state index in [9.17, 15) is 13.2 Å². The number of halogens is 3. The summed E-state index contributed by atoms with van der Waals surface area (Å²) in [5, 5.41) is 9.43. The zero-order valence-corrected chi connectivity index (χ0v) is 19.9. The summed E-state index contributed by atoms with van der Waals surface area (Å²) in [7, 11) is 0. The van der Waals surface area contributed by atoms with Crippen molar-refractivity contribution in [1.29, 1.82) is 5.41 Å². The highest BCUT2D eigenvalue weighted by Crippen LogP contribution is 2.34. The Morgan fingerprint density at radius 2 is 1.83 bits per heavy atom. The van der Waals surface area contributed by atoms with Crippen LogP contribution in [-0.2, 0) is 12.8 Å². The van der Waals surface area contributed by atoms with Crippen LogP contribution in [0.3, 0.4) is 0 Å². The fraction of sp³-hybridized carbons (Fsp3) is 0.364. The minimum Gasteiger partial charge on any atom is -0.488 e. The quantitative estimate of drug-likeness (QED) is 0.181. The van der Waals surface area contributed by atoms with Gasteiger partial charge in [0.15, 0.2) is 0 Å². The Bertz CT molecular complexity index is 1110. The van der Waals surface area contributed by atoms with Crippen LogP contribution in [0.15, 0.2) is 36.7 Å². The molecule has 9 nitrogen and oxygen atoms in total. The highest BCUT2D eigenvalue weighted by atomic mass is 32.1. The smallest absolute Gasteiger partial charge is 0.419 e. The fourth-order valence-corrected chi connectivity index (χ4v) is 4.80. The van der Waals surface area contributed by atoms with Crippen LogP contribution in [0, 0.1) is 12.3 Å². The minimum absolute atomic E-state index is 0. The molecule has 0 radical (unpaired) electrons. The topological polar surface area (TPSA) is 139 Å². The van der Waals surface area contributed by atoms with Gasteiger partial charge in [-0.05, 0) is 44.0 Å². The predicted octanol–water partition coefficient (Wildman–Crippen LogP) is 4.67. The molecule has 3 aromatic rings. The van der Waals surface area contributed by atoms with E-state index in [-0.39, 0.29) is 12.1 Å². The summed E-state index contributed by atoms with van der Waals surface area (Å²) >= 11 is 1.63. The fourth-order valence-electron chi connectivity index (χ4n) is 3.65. The molecule has 0 bridgehead atoms. The third-order valence-electron chi connectivity index (χ3n) is 5.65. The van der Waals surface area contributed by atoms with Gasteiger partial charge in [0, 0.05) is 31.4 Å². The van der Waals surface area contributed by atoms with Crippen molar-refractivity contribution in [1.82, 2.24) is 21.1 Å². The largest absolute Gasteiger partial charge is 0.488 e. The second-order valence-corrected chi connectivity index (χ2v) is 9.03. The number of nitrogens with one attached hydrogen (secondary N) is 1.